The van der Waals surface area contributed by atoms with Crippen molar-refractivity contribution >= 4 is 28.5 Å². The molecule has 27 heavy (non-hydrogen) atoms. The second-order valence-electron chi connectivity index (χ2n) is 6.25. The highest BCUT2D eigenvalue weighted by Gasteiger charge is 2.16. The van der Waals surface area contributed by atoms with Gasteiger partial charge in [0.25, 0.3) is 0 Å². The Labute approximate surface area is 160 Å². The van der Waals surface area contributed by atoms with E-state index in [2.05, 4.69) is 20.4 Å². The third-order valence-electron chi connectivity index (χ3n) is 4.29. The average molecular weight is 382 g/mol. The zero-order valence-corrected chi connectivity index (χ0v) is 15.4. The fraction of sp³-hybridized carbons (Fsp3) is 0.150. The van der Waals surface area contributed by atoms with Gasteiger partial charge in [-0.1, -0.05) is 42.5 Å². The van der Waals surface area contributed by atoms with E-state index in [9.17, 15) is 4.39 Å². The molecule has 0 spiro atoms. The molecule has 0 radical (unpaired) electrons. The van der Waals surface area contributed by atoms with E-state index in [1.807, 2.05) is 41.9 Å². The van der Waals surface area contributed by atoms with Gasteiger partial charge in [-0.05, 0) is 41.8 Å². The van der Waals surface area contributed by atoms with Gasteiger partial charge in [0.2, 0.25) is 5.28 Å². The Morgan fingerprint density at radius 1 is 1.00 bits per heavy atom. The molecular formula is C20H17ClFN5. The van der Waals surface area contributed by atoms with Crippen molar-refractivity contribution in [3.8, 4) is 0 Å². The first-order valence-electron chi connectivity index (χ1n) is 8.53. The summed E-state index contributed by atoms with van der Waals surface area (Å²) in [5.41, 5.74) is 3.56. The van der Waals surface area contributed by atoms with Crippen molar-refractivity contribution in [2.24, 2.45) is 0 Å². The predicted molar refractivity (Wildman–Crippen MR) is 104 cm³/mol. The Balaban J connectivity index is 1.68. The quantitative estimate of drug-likeness (QED) is 0.514. The molecule has 2 aromatic heterocycles. The largest absolute Gasteiger partial charge is 0.365 e. The number of halogens is 2. The zero-order valence-electron chi connectivity index (χ0n) is 14.7. The molecule has 5 nitrogen and oxygen atoms in total. The van der Waals surface area contributed by atoms with Crippen LogP contribution in [0.25, 0.3) is 11.0 Å². The molecule has 0 aliphatic carbocycles. The van der Waals surface area contributed by atoms with Crippen LogP contribution in [0.3, 0.4) is 0 Å². The molecule has 0 amide bonds. The normalized spacial score (nSPS) is 11.1. The van der Waals surface area contributed by atoms with Crippen molar-refractivity contribution in [2.75, 3.05) is 5.32 Å². The molecule has 136 valence electrons. The van der Waals surface area contributed by atoms with Crippen molar-refractivity contribution in [2.45, 2.75) is 20.0 Å². The summed E-state index contributed by atoms with van der Waals surface area (Å²) in [6, 6.07) is 16.4. The molecule has 7 heteroatoms. The molecule has 2 aromatic carbocycles. The van der Waals surface area contributed by atoms with E-state index in [1.165, 1.54) is 12.1 Å². The molecule has 0 saturated carbocycles. The third-order valence-corrected chi connectivity index (χ3v) is 4.46. The summed E-state index contributed by atoms with van der Waals surface area (Å²) in [5, 5.41) is 8.87. The summed E-state index contributed by atoms with van der Waals surface area (Å²) in [6.45, 7) is 3.01. The Morgan fingerprint density at radius 2 is 1.74 bits per heavy atom. The number of anilines is 1. The SMILES string of the molecule is Cc1nn(Cc2ccccc2)c2nc(Cl)nc(NCc3ccc(F)cc3)c12. The molecule has 2 heterocycles. The van der Waals surface area contributed by atoms with E-state index in [4.69, 9.17) is 11.6 Å². The van der Waals surface area contributed by atoms with Crippen LogP contribution >= 0.6 is 11.6 Å². The first-order valence-corrected chi connectivity index (χ1v) is 8.91. The van der Waals surface area contributed by atoms with Crippen molar-refractivity contribution in [3.63, 3.8) is 0 Å². The van der Waals surface area contributed by atoms with E-state index >= 15 is 0 Å². The highest BCUT2D eigenvalue weighted by Crippen LogP contribution is 2.26. The number of nitrogens with zero attached hydrogens (tertiary/aromatic N) is 4. The van der Waals surface area contributed by atoms with Crippen LogP contribution in [0.2, 0.25) is 5.28 Å². The lowest BCUT2D eigenvalue weighted by Gasteiger charge is -2.08. The van der Waals surface area contributed by atoms with Crippen molar-refractivity contribution in [1.29, 1.82) is 0 Å². The van der Waals surface area contributed by atoms with Crippen LogP contribution in [-0.2, 0) is 13.1 Å². The molecule has 0 bridgehead atoms. The van der Waals surface area contributed by atoms with Crippen molar-refractivity contribution in [1.82, 2.24) is 19.7 Å². The standard InChI is InChI=1S/C20H17ClFN5/c1-13-17-18(23-11-14-7-9-16(22)10-8-14)24-20(21)25-19(17)27(26-13)12-15-5-3-2-4-6-15/h2-10H,11-12H2,1H3,(H,23,24,25). The number of hydrogen-bond acceptors (Lipinski definition) is 4. The van der Waals surface area contributed by atoms with Crippen LogP contribution in [0.15, 0.2) is 54.6 Å². The Bertz CT molecular complexity index is 1080. The van der Waals surface area contributed by atoms with Gasteiger partial charge in [-0.2, -0.15) is 15.1 Å². The second-order valence-corrected chi connectivity index (χ2v) is 6.59. The van der Waals surface area contributed by atoms with Gasteiger partial charge in [0.15, 0.2) is 5.65 Å². The van der Waals surface area contributed by atoms with E-state index in [1.54, 1.807) is 12.1 Å². The van der Waals surface area contributed by atoms with Crippen LogP contribution < -0.4 is 5.32 Å². The van der Waals surface area contributed by atoms with E-state index < -0.39 is 0 Å². The molecule has 1 N–H and O–H groups in total. The van der Waals surface area contributed by atoms with Gasteiger partial charge in [-0.15, -0.1) is 0 Å². The monoisotopic (exact) mass is 381 g/mol. The first kappa shape index (κ1) is 17.4. The van der Waals surface area contributed by atoms with Gasteiger partial charge < -0.3 is 5.32 Å². The maximum atomic E-state index is 13.1. The molecular weight excluding hydrogens is 365 g/mol. The van der Waals surface area contributed by atoms with Crippen LogP contribution in [0.1, 0.15) is 16.8 Å². The summed E-state index contributed by atoms with van der Waals surface area (Å²) in [5.74, 6) is 0.357. The fourth-order valence-corrected chi connectivity index (χ4v) is 3.17. The fourth-order valence-electron chi connectivity index (χ4n) is 3.00. The summed E-state index contributed by atoms with van der Waals surface area (Å²) < 4.78 is 14.9. The van der Waals surface area contributed by atoms with Gasteiger partial charge in [-0.25, -0.2) is 9.07 Å². The van der Waals surface area contributed by atoms with E-state index in [0.717, 1.165) is 22.2 Å². The molecule has 0 atom stereocenters. The predicted octanol–water partition coefficient (Wildman–Crippen LogP) is 4.59. The summed E-state index contributed by atoms with van der Waals surface area (Å²) in [6.07, 6.45) is 0. The van der Waals surface area contributed by atoms with Gasteiger partial charge in [-0.3, -0.25) is 0 Å². The molecule has 4 aromatic rings. The molecule has 0 saturated heterocycles. The van der Waals surface area contributed by atoms with Crippen LogP contribution in [-0.4, -0.2) is 19.7 Å². The highest BCUT2D eigenvalue weighted by atomic mass is 35.5. The maximum absolute atomic E-state index is 13.1. The highest BCUT2D eigenvalue weighted by molar-refractivity contribution is 6.28. The summed E-state index contributed by atoms with van der Waals surface area (Å²) in [7, 11) is 0. The molecule has 0 unspecified atom stereocenters. The maximum Gasteiger partial charge on any atom is 0.226 e. The van der Waals surface area contributed by atoms with Crippen LogP contribution in [0.5, 0.6) is 0 Å². The number of hydrogen-bond donors (Lipinski definition) is 1. The Kier molecular flexibility index (Phi) is 4.73. The molecule has 0 fully saturated rings. The van der Waals surface area contributed by atoms with E-state index in [-0.39, 0.29) is 11.1 Å². The molecule has 4 rings (SSSR count). The summed E-state index contributed by atoms with van der Waals surface area (Å²) >= 11 is 6.16. The number of nitrogens with one attached hydrogen (secondary N) is 1. The number of aromatic nitrogens is 4. The summed E-state index contributed by atoms with van der Waals surface area (Å²) in [4.78, 5) is 8.72. The van der Waals surface area contributed by atoms with Gasteiger partial charge in [0.05, 0.1) is 17.6 Å². The van der Waals surface area contributed by atoms with Gasteiger partial charge in [0, 0.05) is 6.54 Å². The number of benzene rings is 2. The number of aryl methyl sites for hydroxylation is 1. The van der Waals surface area contributed by atoms with Crippen molar-refractivity contribution in [3.05, 3.63) is 82.5 Å². The topological polar surface area (TPSA) is 55.6 Å². The Morgan fingerprint density at radius 3 is 2.48 bits per heavy atom. The number of rotatable bonds is 5. The minimum absolute atomic E-state index is 0.151. The Hall–Kier alpha value is -2.99. The third kappa shape index (κ3) is 3.75. The second kappa shape index (κ2) is 7.32. The molecule has 0 aliphatic heterocycles. The van der Waals surface area contributed by atoms with Crippen LogP contribution in [0.4, 0.5) is 10.2 Å². The van der Waals surface area contributed by atoms with Gasteiger partial charge >= 0.3 is 0 Å². The smallest absolute Gasteiger partial charge is 0.226 e. The minimum Gasteiger partial charge on any atom is -0.365 e. The molecule has 0 aliphatic rings. The van der Waals surface area contributed by atoms with E-state index in [0.29, 0.717) is 24.6 Å². The zero-order chi connectivity index (χ0) is 18.8. The first-order chi connectivity index (χ1) is 13.1. The number of fused-ring (bicyclic) bond motifs is 1. The lowest BCUT2D eigenvalue weighted by Crippen LogP contribution is -2.05. The lowest BCUT2D eigenvalue weighted by atomic mass is 10.2. The van der Waals surface area contributed by atoms with Crippen LogP contribution in [0, 0.1) is 12.7 Å². The minimum atomic E-state index is -0.260. The van der Waals surface area contributed by atoms with Gasteiger partial charge in [0.1, 0.15) is 11.6 Å². The lowest BCUT2D eigenvalue weighted by molar-refractivity contribution is 0.627. The van der Waals surface area contributed by atoms with Crippen molar-refractivity contribution < 1.29 is 4.39 Å². The average Bonchev–Trinajstić information content (AvgIpc) is 2.97.